The lowest BCUT2D eigenvalue weighted by Crippen LogP contribution is -2.09. The highest BCUT2D eigenvalue weighted by Gasteiger charge is 2.21. The summed E-state index contributed by atoms with van der Waals surface area (Å²) in [6.45, 7) is 0. The van der Waals surface area contributed by atoms with Gasteiger partial charge in [0.1, 0.15) is 16.2 Å². The molecule has 0 N–H and O–H groups in total. The Hall–Kier alpha value is -8.77. The predicted octanol–water partition coefficient (Wildman–Crippen LogP) is 18.4. The Balaban J connectivity index is 1.01. The van der Waals surface area contributed by atoms with Gasteiger partial charge in [0.05, 0.1) is 10.2 Å². The van der Waals surface area contributed by atoms with Gasteiger partial charge in [-0.2, -0.15) is 0 Å². The largest absolute Gasteiger partial charge is 0.456 e. The number of hydrogen-bond donors (Lipinski definition) is 0. The topological polar surface area (TPSA) is 32.5 Å². The minimum Gasteiger partial charge on any atom is -0.456 e. The normalized spacial score (nSPS) is 11.5. The van der Waals surface area contributed by atoms with E-state index in [0.29, 0.717) is 0 Å². The van der Waals surface area contributed by atoms with E-state index in [-0.39, 0.29) is 0 Å². The Bertz CT molecular complexity index is 3700. The van der Waals surface area contributed by atoms with Crippen LogP contribution < -0.4 is 9.80 Å². The molecule has 0 amide bonds. The number of benzene rings is 11. The Labute approximate surface area is 397 Å². The van der Waals surface area contributed by atoms with E-state index in [9.17, 15) is 0 Å². The molecule has 2 aromatic heterocycles. The second-order valence-corrected chi connectivity index (χ2v) is 18.1. The average Bonchev–Trinajstić information content (AvgIpc) is 4.03. The highest BCUT2D eigenvalue weighted by Crippen LogP contribution is 2.46. The zero-order valence-corrected chi connectivity index (χ0v) is 37.6. The molecule has 2 heterocycles. The summed E-state index contributed by atoms with van der Waals surface area (Å²) < 4.78 is 7.53. The highest BCUT2D eigenvalue weighted by atomic mass is 32.1. The summed E-state index contributed by atoms with van der Waals surface area (Å²) in [7, 11) is 0. The molecule has 320 valence electrons. The van der Waals surface area contributed by atoms with Gasteiger partial charge >= 0.3 is 0 Å². The van der Waals surface area contributed by atoms with Gasteiger partial charge in [-0.15, -0.1) is 11.3 Å². The fourth-order valence-corrected chi connectivity index (χ4v) is 11.1. The van der Waals surface area contributed by atoms with Crippen LogP contribution in [0.25, 0.3) is 86.5 Å². The van der Waals surface area contributed by atoms with Crippen LogP contribution in [0.4, 0.5) is 34.1 Å². The molecule has 13 aromatic rings. The third kappa shape index (κ3) is 6.88. The van der Waals surface area contributed by atoms with Crippen LogP contribution in [0.3, 0.4) is 0 Å². The summed E-state index contributed by atoms with van der Waals surface area (Å²) in [6.07, 6.45) is 0. The Kier molecular flexibility index (Phi) is 9.66. The molecule has 4 nitrogen and oxygen atoms in total. The minimum atomic E-state index is 0.868. The van der Waals surface area contributed by atoms with Crippen molar-refractivity contribution in [3.05, 3.63) is 249 Å². The Morgan fingerprint density at radius 1 is 0.324 bits per heavy atom. The van der Waals surface area contributed by atoms with Crippen LogP contribution in [0, 0.1) is 0 Å². The Morgan fingerprint density at radius 3 is 1.32 bits per heavy atom. The maximum absolute atomic E-state index is 6.36. The molecule has 0 spiro atoms. The minimum absolute atomic E-state index is 0.868. The Morgan fingerprint density at radius 2 is 0.765 bits per heavy atom. The average molecular weight is 888 g/mol. The van der Waals surface area contributed by atoms with Crippen LogP contribution in [-0.2, 0) is 0 Å². The van der Waals surface area contributed by atoms with E-state index < -0.39 is 0 Å². The number of aromatic nitrogens is 1. The van der Waals surface area contributed by atoms with Crippen LogP contribution in [0.5, 0.6) is 0 Å². The van der Waals surface area contributed by atoms with Crippen LogP contribution in [0.2, 0.25) is 0 Å². The van der Waals surface area contributed by atoms with Gasteiger partial charge in [-0.25, -0.2) is 4.98 Å². The van der Waals surface area contributed by atoms with E-state index in [1.807, 2.05) is 12.1 Å². The number of furan rings is 1. The smallest absolute Gasteiger partial charge is 0.136 e. The second-order valence-electron chi connectivity index (χ2n) is 17.1. The van der Waals surface area contributed by atoms with Gasteiger partial charge in [-0.1, -0.05) is 152 Å². The van der Waals surface area contributed by atoms with Crippen molar-refractivity contribution in [2.24, 2.45) is 0 Å². The third-order valence-electron chi connectivity index (χ3n) is 13.0. The third-order valence-corrected chi connectivity index (χ3v) is 14.1. The molecule has 0 saturated heterocycles. The molecular weight excluding hydrogens is 847 g/mol. The quantitative estimate of drug-likeness (QED) is 0.135. The summed E-state index contributed by atoms with van der Waals surface area (Å²) in [5.74, 6) is 0. The van der Waals surface area contributed by atoms with Crippen molar-refractivity contribution in [1.29, 1.82) is 0 Å². The van der Waals surface area contributed by atoms with Gasteiger partial charge in [0.15, 0.2) is 0 Å². The van der Waals surface area contributed by atoms with Gasteiger partial charge in [0.2, 0.25) is 0 Å². The van der Waals surface area contributed by atoms with Gasteiger partial charge in [-0.3, -0.25) is 0 Å². The van der Waals surface area contributed by atoms with Crippen molar-refractivity contribution in [2.45, 2.75) is 0 Å². The number of fused-ring (bicyclic) bond motifs is 9. The highest BCUT2D eigenvalue weighted by molar-refractivity contribution is 7.23. The molecule has 5 heteroatoms. The number of anilines is 6. The zero-order valence-electron chi connectivity index (χ0n) is 36.8. The van der Waals surface area contributed by atoms with Crippen LogP contribution in [0.15, 0.2) is 253 Å². The number of thiazole rings is 1. The summed E-state index contributed by atoms with van der Waals surface area (Å²) in [4.78, 5) is 10.2. The first-order valence-electron chi connectivity index (χ1n) is 22.9. The molecule has 0 bridgehead atoms. The van der Waals surface area contributed by atoms with Crippen LogP contribution >= 0.6 is 11.3 Å². The number of para-hydroxylation sites is 5. The molecule has 0 aliphatic heterocycles. The zero-order chi connectivity index (χ0) is 45.0. The molecule has 0 fully saturated rings. The summed E-state index contributed by atoms with van der Waals surface area (Å²) >= 11 is 1.76. The summed E-state index contributed by atoms with van der Waals surface area (Å²) in [6, 6.07) is 88.7. The maximum atomic E-state index is 6.36. The lowest BCUT2D eigenvalue weighted by atomic mass is 9.93. The first-order chi connectivity index (χ1) is 33.7. The predicted molar refractivity (Wildman–Crippen MR) is 288 cm³/mol. The maximum Gasteiger partial charge on any atom is 0.136 e. The van der Waals surface area contributed by atoms with Gasteiger partial charge in [0.25, 0.3) is 0 Å². The monoisotopic (exact) mass is 887 g/mol. The first kappa shape index (κ1) is 39.6. The molecule has 0 saturated carbocycles. The van der Waals surface area contributed by atoms with Crippen LogP contribution in [0.1, 0.15) is 0 Å². The number of rotatable bonds is 9. The fraction of sp³-hybridized carbons (Fsp3) is 0. The van der Waals surface area contributed by atoms with Crippen LogP contribution in [-0.4, -0.2) is 4.98 Å². The number of nitrogens with zero attached hydrogens (tertiary/aromatic N) is 3. The van der Waals surface area contributed by atoms with Crippen molar-refractivity contribution >= 4 is 99.2 Å². The first-order valence-corrected chi connectivity index (χ1v) is 23.8. The van der Waals surface area contributed by atoms with Gasteiger partial charge in [0, 0.05) is 61.2 Å². The fourth-order valence-electron chi connectivity index (χ4n) is 9.90. The number of hydrogen-bond acceptors (Lipinski definition) is 5. The molecule has 0 aliphatic carbocycles. The molecule has 13 rings (SSSR count). The lowest BCUT2D eigenvalue weighted by Gasteiger charge is -2.26. The molecule has 0 unspecified atom stereocenters. The van der Waals surface area contributed by atoms with E-state index >= 15 is 0 Å². The standard InChI is InChI=1S/C63H41N3OS/c1-5-20-46(21-6-1)65(47-22-7-2-8-23-47)50-28-15-18-42(38-50)44-34-36-52-56(40-44)57-41-45(43-19-16-29-51(39-43)66(48-24-9-3-10-25-48)49-26-11-4-12-27-49)35-37-53(57)62-61(52)64-63(68-62)55-31-17-33-59-60(55)54-30-13-14-32-58(54)67-59/h1-41H. The van der Waals surface area contributed by atoms with E-state index in [1.54, 1.807) is 11.3 Å². The van der Waals surface area contributed by atoms with Crippen molar-refractivity contribution in [3.63, 3.8) is 0 Å². The van der Waals surface area contributed by atoms with E-state index in [0.717, 1.165) is 105 Å². The van der Waals surface area contributed by atoms with Crippen molar-refractivity contribution < 1.29 is 4.42 Å². The molecule has 0 radical (unpaired) electrons. The lowest BCUT2D eigenvalue weighted by molar-refractivity contribution is 0.669. The molecule has 0 atom stereocenters. The molecular formula is C63H41N3OS. The van der Waals surface area contributed by atoms with E-state index in [2.05, 4.69) is 246 Å². The van der Waals surface area contributed by atoms with E-state index in [4.69, 9.17) is 9.40 Å². The molecule has 11 aromatic carbocycles. The van der Waals surface area contributed by atoms with Crippen molar-refractivity contribution in [3.8, 4) is 32.8 Å². The molecule has 68 heavy (non-hydrogen) atoms. The van der Waals surface area contributed by atoms with Crippen molar-refractivity contribution in [1.82, 2.24) is 4.98 Å². The molecule has 0 aliphatic rings. The SMILES string of the molecule is c1ccc(N(c2ccccc2)c2cccc(-c3ccc4c(c3)c3cc(-c5cccc(N(c6ccccc6)c6ccccc6)c5)ccc3c3sc(-c5cccc6oc7ccccc7c56)nc43)c2)cc1. The summed E-state index contributed by atoms with van der Waals surface area (Å²) in [5, 5.41) is 7.83. The second kappa shape index (κ2) is 16.6. The van der Waals surface area contributed by atoms with Gasteiger partial charge < -0.3 is 14.2 Å². The van der Waals surface area contributed by atoms with Crippen molar-refractivity contribution in [2.75, 3.05) is 9.80 Å². The summed E-state index contributed by atoms with van der Waals surface area (Å²) in [5.41, 5.74) is 15.0. The van der Waals surface area contributed by atoms with Gasteiger partial charge in [-0.05, 0) is 130 Å². The van der Waals surface area contributed by atoms with E-state index in [1.165, 1.54) is 15.5 Å².